The van der Waals surface area contributed by atoms with Gasteiger partial charge in [-0.05, 0) is 38.8 Å². The molecule has 0 radical (unpaired) electrons. The summed E-state index contributed by atoms with van der Waals surface area (Å²) in [5.41, 5.74) is 9.38. The highest BCUT2D eigenvalue weighted by atomic mass is 15.3. The summed E-state index contributed by atoms with van der Waals surface area (Å²) in [6.07, 6.45) is 4.71. The first-order chi connectivity index (χ1) is 7.20. The Hall–Kier alpha value is -0.830. The predicted octanol–water partition coefficient (Wildman–Crippen LogP) is 2.19. The van der Waals surface area contributed by atoms with Crippen molar-refractivity contribution in [2.75, 3.05) is 6.54 Å². The Morgan fingerprint density at radius 2 is 2.00 bits per heavy atom. The minimum Gasteiger partial charge on any atom is -0.330 e. The van der Waals surface area contributed by atoms with Crippen LogP contribution in [0.15, 0.2) is 0 Å². The van der Waals surface area contributed by atoms with Crippen LogP contribution in [0.2, 0.25) is 0 Å². The zero-order valence-corrected chi connectivity index (χ0v) is 10.2. The van der Waals surface area contributed by atoms with Crippen molar-refractivity contribution in [1.82, 2.24) is 9.78 Å². The third kappa shape index (κ3) is 3.06. The fourth-order valence-corrected chi connectivity index (χ4v) is 1.97. The molecule has 0 amide bonds. The maximum Gasteiger partial charge on any atom is 0.0628 e. The Labute approximate surface area is 92.7 Å². The average molecular weight is 209 g/mol. The molecule has 1 aromatic rings. The van der Waals surface area contributed by atoms with Crippen LogP contribution in [0.1, 0.15) is 43.1 Å². The summed E-state index contributed by atoms with van der Waals surface area (Å²) in [6, 6.07) is 0. The highest BCUT2D eigenvalue weighted by molar-refractivity contribution is 5.24. The number of nitrogens with two attached hydrogens (primary N) is 1. The molecule has 0 aliphatic carbocycles. The van der Waals surface area contributed by atoms with Crippen LogP contribution < -0.4 is 5.73 Å². The third-order valence-corrected chi connectivity index (χ3v) is 2.90. The summed E-state index contributed by atoms with van der Waals surface area (Å²) in [6.45, 7) is 8.21. The molecule has 1 aromatic heterocycles. The van der Waals surface area contributed by atoms with Gasteiger partial charge in [-0.15, -0.1) is 0 Å². The third-order valence-electron chi connectivity index (χ3n) is 2.90. The number of unbranched alkanes of at least 4 members (excludes halogenated alkanes) is 2. The van der Waals surface area contributed by atoms with Gasteiger partial charge in [0, 0.05) is 12.2 Å². The van der Waals surface area contributed by atoms with Gasteiger partial charge in [0.15, 0.2) is 0 Å². The van der Waals surface area contributed by atoms with Crippen molar-refractivity contribution in [2.24, 2.45) is 5.73 Å². The van der Waals surface area contributed by atoms with E-state index in [2.05, 4.69) is 30.6 Å². The molecule has 0 aromatic carbocycles. The smallest absolute Gasteiger partial charge is 0.0628 e. The first-order valence-electron chi connectivity index (χ1n) is 5.93. The summed E-state index contributed by atoms with van der Waals surface area (Å²) in [5, 5.41) is 4.56. The van der Waals surface area contributed by atoms with Crippen LogP contribution in [0.25, 0.3) is 0 Å². The fraction of sp³-hybridized carbons (Fsp3) is 0.750. The second kappa shape index (κ2) is 5.91. The van der Waals surface area contributed by atoms with E-state index < -0.39 is 0 Å². The summed E-state index contributed by atoms with van der Waals surface area (Å²) in [7, 11) is 0. The fourth-order valence-electron chi connectivity index (χ4n) is 1.97. The Balaban J connectivity index is 2.68. The maximum absolute atomic E-state index is 5.59. The van der Waals surface area contributed by atoms with E-state index >= 15 is 0 Å². The molecule has 0 spiro atoms. The topological polar surface area (TPSA) is 43.8 Å². The van der Waals surface area contributed by atoms with E-state index in [1.807, 2.05) is 0 Å². The minimum atomic E-state index is 0.711. The van der Waals surface area contributed by atoms with Crippen LogP contribution >= 0.6 is 0 Å². The molecule has 0 bridgehead atoms. The monoisotopic (exact) mass is 209 g/mol. The Morgan fingerprint density at radius 1 is 1.27 bits per heavy atom. The quantitative estimate of drug-likeness (QED) is 0.730. The zero-order chi connectivity index (χ0) is 11.3. The first kappa shape index (κ1) is 12.2. The molecule has 0 aliphatic rings. The van der Waals surface area contributed by atoms with E-state index in [0.29, 0.717) is 6.54 Å². The molecule has 3 heteroatoms. The van der Waals surface area contributed by atoms with Gasteiger partial charge in [-0.1, -0.05) is 19.8 Å². The van der Waals surface area contributed by atoms with Crippen molar-refractivity contribution in [2.45, 2.75) is 53.0 Å². The van der Waals surface area contributed by atoms with Crippen LogP contribution in [0.5, 0.6) is 0 Å². The second-order valence-electron chi connectivity index (χ2n) is 4.12. The molecule has 3 nitrogen and oxygen atoms in total. The molecule has 0 aliphatic heterocycles. The lowest BCUT2D eigenvalue weighted by Gasteiger charge is -2.04. The minimum absolute atomic E-state index is 0.711. The van der Waals surface area contributed by atoms with E-state index in [1.165, 1.54) is 30.5 Å². The molecule has 0 unspecified atom stereocenters. The van der Waals surface area contributed by atoms with Gasteiger partial charge in [-0.2, -0.15) is 5.10 Å². The van der Waals surface area contributed by atoms with Crippen molar-refractivity contribution >= 4 is 0 Å². The highest BCUT2D eigenvalue weighted by Crippen LogP contribution is 2.14. The van der Waals surface area contributed by atoms with Crippen molar-refractivity contribution in [3.05, 3.63) is 17.0 Å². The summed E-state index contributed by atoms with van der Waals surface area (Å²) >= 11 is 0. The van der Waals surface area contributed by atoms with E-state index in [1.54, 1.807) is 0 Å². The SMILES string of the molecule is CCCCCn1nc(C)c(CCN)c1C. The lowest BCUT2D eigenvalue weighted by Crippen LogP contribution is -2.06. The molecule has 1 heterocycles. The largest absolute Gasteiger partial charge is 0.330 e. The molecular weight excluding hydrogens is 186 g/mol. The molecular formula is C12H23N3. The molecule has 0 saturated carbocycles. The van der Waals surface area contributed by atoms with Crippen LogP contribution in [0.3, 0.4) is 0 Å². The number of aromatic nitrogens is 2. The molecule has 0 fully saturated rings. The van der Waals surface area contributed by atoms with Crippen LogP contribution in [0.4, 0.5) is 0 Å². The van der Waals surface area contributed by atoms with Gasteiger partial charge in [-0.3, -0.25) is 4.68 Å². The number of hydrogen-bond acceptors (Lipinski definition) is 2. The van der Waals surface area contributed by atoms with Gasteiger partial charge < -0.3 is 5.73 Å². The standard InChI is InChI=1S/C12H23N3/c1-4-5-6-9-15-11(3)12(7-8-13)10(2)14-15/h4-9,13H2,1-3H3. The molecule has 86 valence electrons. The molecule has 2 N–H and O–H groups in total. The second-order valence-corrected chi connectivity index (χ2v) is 4.12. The molecule has 0 atom stereocenters. The van der Waals surface area contributed by atoms with Crippen molar-refractivity contribution in [1.29, 1.82) is 0 Å². The van der Waals surface area contributed by atoms with Crippen molar-refractivity contribution < 1.29 is 0 Å². The highest BCUT2D eigenvalue weighted by Gasteiger charge is 2.09. The molecule has 1 rings (SSSR count). The maximum atomic E-state index is 5.59. The first-order valence-corrected chi connectivity index (χ1v) is 5.93. The van der Waals surface area contributed by atoms with Gasteiger partial charge in [0.2, 0.25) is 0 Å². The van der Waals surface area contributed by atoms with E-state index in [9.17, 15) is 0 Å². The van der Waals surface area contributed by atoms with E-state index in [0.717, 1.165) is 18.7 Å². The van der Waals surface area contributed by atoms with Crippen molar-refractivity contribution in [3.8, 4) is 0 Å². The lowest BCUT2D eigenvalue weighted by atomic mass is 10.1. The van der Waals surface area contributed by atoms with Gasteiger partial charge in [0.1, 0.15) is 0 Å². The van der Waals surface area contributed by atoms with E-state index in [4.69, 9.17) is 5.73 Å². The van der Waals surface area contributed by atoms with Crippen LogP contribution in [0, 0.1) is 13.8 Å². The van der Waals surface area contributed by atoms with Gasteiger partial charge in [0.05, 0.1) is 5.69 Å². The zero-order valence-electron chi connectivity index (χ0n) is 10.2. The van der Waals surface area contributed by atoms with E-state index in [-0.39, 0.29) is 0 Å². The Morgan fingerprint density at radius 3 is 2.60 bits per heavy atom. The molecule has 0 saturated heterocycles. The normalized spacial score (nSPS) is 10.9. The average Bonchev–Trinajstić information content (AvgIpc) is 2.47. The van der Waals surface area contributed by atoms with Crippen LogP contribution in [-0.4, -0.2) is 16.3 Å². The Bertz CT molecular complexity index is 302. The summed E-state index contributed by atoms with van der Waals surface area (Å²) in [4.78, 5) is 0. The van der Waals surface area contributed by atoms with Gasteiger partial charge >= 0.3 is 0 Å². The van der Waals surface area contributed by atoms with Gasteiger partial charge in [-0.25, -0.2) is 0 Å². The number of rotatable bonds is 6. The number of aryl methyl sites for hydroxylation is 2. The molecule has 15 heavy (non-hydrogen) atoms. The van der Waals surface area contributed by atoms with Gasteiger partial charge in [0.25, 0.3) is 0 Å². The predicted molar refractivity (Wildman–Crippen MR) is 64.0 cm³/mol. The Kier molecular flexibility index (Phi) is 4.82. The summed E-state index contributed by atoms with van der Waals surface area (Å²) < 4.78 is 2.13. The summed E-state index contributed by atoms with van der Waals surface area (Å²) in [5.74, 6) is 0. The lowest BCUT2D eigenvalue weighted by molar-refractivity contribution is 0.539. The number of hydrogen-bond donors (Lipinski definition) is 1. The van der Waals surface area contributed by atoms with Crippen LogP contribution in [-0.2, 0) is 13.0 Å². The number of nitrogens with zero attached hydrogens (tertiary/aromatic N) is 2. The van der Waals surface area contributed by atoms with Crippen molar-refractivity contribution in [3.63, 3.8) is 0 Å².